The molecule has 1 aromatic heterocycles. The highest BCUT2D eigenvalue weighted by molar-refractivity contribution is 7.17. The lowest BCUT2D eigenvalue weighted by Crippen LogP contribution is -2.36. The molecule has 2 aromatic rings. The maximum atomic E-state index is 12.9. The zero-order chi connectivity index (χ0) is 19.4. The Bertz CT molecular complexity index is 836. The lowest BCUT2D eigenvalue weighted by atomic mass is 10.1. The Balaban J connectivity index is 1.72. The molecule has 142 valence electrons. The molecule has 1 aromatic carbocycles. The maximum absolute atomic E-state index is 12.9. The number of thiophene rings is 1. The zero-order valence-corrected chi connectivity index (χ0v) is 17.0. The van der Waals surface area contributed by atoms with Crippen LogP contribution in [0.1, 0.15) is 46.2 Å². The second-order valence-corrected chi connectivity index (χ2v) is 8.12. The summed E-state index contributed by atoms with van der Waals surface area (Å²) in [5.41, 5.74) is 1.74. The van der Waals surface area contributed by atoms with Crippen LogP contribution in [-0.4, -0.2) is 48.3 Å². The molecular weight excluding hydrogens is 356 g/mol. The van der Waals surface area contributed by atoms with Gasteiger partial charge in [-0.3, -0.25) is 9.59 Å². The standard InChI is InChI=1S/C22H26N2O2S/c1-4-5-7-18-8-6-15-24(18)21(25)17-11-9-16(10-12-17)19-13-14-20(27-19)22(26)23(2)3/h6,8-14,18H,4-5,7,15H2,1-3H3/t18-/m1/s1. The van der Waals surface area contributed by atoms with Crippen molar-refractivity contribution in [2.45, 2.75) is 32.2 Å². The summed E-state index contributed by atoms with van der Waals surface area (Å²) in [6, 6.07) is 11.7. The summed E-state index contributed by atoms with van der Waals surface area (Å²) in [5.74, 6) is 0.0972. The molecule has 1 atom stereocenters. The Morgan fingerprint density at radius 3 is 2.56 bits per heavy atom. The first-order chi connectivity index (χ1) is 13.0. The highest BCUT2D eigenvalue weighted by atomic mass is 32.1. The summed E-state index contributed by atoms with van der Waals surface area (Å²) in [6.07, 6.45) is 7.53. The third-order valence-corrected chi connectivity index (χ3v) is 5.94. The summed E-state index contributed by atoms with van der Waals surface area (Å²) in [6.45, 7) is 2.86. The van der Waals surface area contributed by atoms with Crippen LogP contribution in [0.25, 0.3) is 10.4 Å². The van der Waals surface area contributed by atoms with Crippen molar-refractivity contribution in [1.82, 2.24) is 9.80 Å². The van der Waals surface area contributed by atoms with E-state index in [9.17, 15) is 9.59 Å². The molecule has 0 radical (unpaired) electrons. The van der Waals surface area contributed by atoms with Crippen molar-refractivity contribution < 1.29 is 9.59 Å². The van der Waals surface area contributed by atoms with Crippen LogP contribution in [0.4, 0.5) is 0 Å². The number of hydrogen-bond donors (Lipinski definition) is 0. The Kier molecular flexibility index (Phi) is 6.11. The molecule has 1 aliphatic rings. The van der Waals surface area contributed by atoms with E-state index in [2.05, 4.69) is 19.1 Å². The van der Waals surface area contributed by atoms with E-state index >= 15 is 0 Å². The predicted octanol–water partition coefficient (Wildman–Crippen LogP) is 4.69. The van der Waals surface area contributed by atoms with Gasteiger partial charge in [-0.1, -0.05) is 44.1 Å². The van der Waals surface area contributed by atoms with Gasteiger partial charge in [0.05, 0.1) is 10.9 Å². The Morgan fingerprint density at radius 1 is 1.15 bits per heavy atom. The second-order valence-electron chi connectivity index (χ2n) is 7.04. The van der Waals surface area contributed by atoms with Crippen LogP contribution in [0.5, 0.6) is 0 Å². The van der Waals surface area contributed by atoms with Gasteiger partial charge in [0, 0.05) is 31.1 Å². The number of carbonyl (C=O) groups is 2. The van der Waals surface area contributed by atoms with Gasteiger partial charge in [-0.2, -0.15) is 0 Å². The molecule has 0 unspecified atom stereocenters. The highest BCUT2D eigenvalue weighted by Crippen LogP contribution is 2.29. The van der Waals surface area contributed by atoms with Gasteiger partial charge in [-0.15, -0.1) is 11.3 Å². The van der Waals surface area contributed by atoms with Gasteiger partial charge in [-0.25, -0.2) is 0 Å². The van der Waals surface area contributed by atoms with Crippen LogP contribution >= 0.6 is 11.3 Å². The summed E-state index contributed by atoms with van der Waals surface area (Å²) in [5, 5.41) is 0. The van der Waals surface area contributed by atoms with Gasteiger partial charge in [-0.05, 0) is 36.2 Å². The van der Waals surface area contributed by atoms with E-state index in [1.807, 2.05) is 41.3 Å². The van der Waals surface area contributed by atoms with Gasteiger partial charge in [0.1, 0.15) is 0 Å². The zero-order valence-electron chi connectivity index (χ0n) is 16.1. The number of nitrogens with zero attached hydrogens (tertiary/aromatic N) is 2. The lowest BCUT2D eigenvalue weighted by Gasteiger charge is -2.24. The fourth-order valence-corrected chi connectivity index (χ4v) is 4.27. The van der Waals surface area contributed by atoms with Crippen LogP contribution in [0.15, 0.2) is 48.6 Å². The van der Waals surface area contributed by atoms with Crippen molar-refractivity contribution in [3.8, 4) is 10.4 Å². The Labute approximate surface area is 165 Å². The molecule has 0 saturated carbocycles. The van der Waals surface area contributed by atoms with E-state index in [-0.39, 0.29) is 17.9 Å². The molecule has 27 heavy (non-hydrogen) atoms. The number of amides is 2. The molecule has 5 heteroatoms. The van der Waals surface area contributed by atoms with Crippen LogP contribution in [0.2, 0.25) is 0 Å². The normalized spacial score (nSPS) is 16.0. The first kappa shape index (κ1) is 19.4. The number of unbranched alkanes of at least 4 members (excludes halogenated alkanes) is 1. The van der Waals surface area contributed by atoms with Crippen LogP contribution in [-0.2, 0) is 0 Å². The van der Waals surface area contributed by atoms with Crippen molar-refractivity contribution >= 4 is 23.2 Å². The monoisotopic (exact) mass is 382 g/mol. The van der Waals surface area contributed by atoms with Crippen molar-refractivity contribution in [2.75, 3.05) is 20.6 Å². The predicted molar refractivity (Wildman–Crippen MR) is 111 cm³/mol. The van der Waals surface area contributed by atoms with E-state index in [1.54, 1.807) is 19.0 Å². The molecule has 3 rings (SSSR count). The minimum Gasteiger partial charge on any atom is -0.344 e. The Hall–Kier alpha value is -2.40. The number of rotatable bonds is 6. The summed E-state index contributed by atoms with van der Waals surface area (Å²) in [4.78, 5) is 30.2. The fraction of sp³-hybridized carbons (Fsp3) is 0.364. The third-order valence-electron chi connectivity index (χ3n) is 4.81. The van der Waals surface area contributed by atoms with Gasteiger partial charge in [0.25, 0.3) is 11.8 Å². The second kappa shape index (κ2) is 8.53. The van der Waals surface area contributed by atoms with E-state index in [0.29, 0.717) is 12.1 Å². The van der Waals surface area contributed by atoms with Crippen molar-refractivity contribution in [1.29, 1.82) is 0 Å². The molecule has 0 spiro atoms. The van der Waals surface area contributed by atoms with E-state index < -0.39 is 0 Å². The average molecular weight is 383 g/mol. The van der Waals surface area contributed by atoms with Crippen molar-refractivity contribution in [3.63, 3.8) is 0 Å². The van der Waals surface area contributed by atoms with Crippen molar-refractivity contribution in [3.05, 3.63) is 59.0 Å². The molecule has 0 fully saturated rings. The number of hydrogen-bond acceptors (Lipinski definition) is 3. The Morgan fingerprint density at radius 2 is 1.89 bits per heavy atom. The molecule has 1 aliphatic heterocycles. The van der Waals surface area contributed by atoms with E-state index in [1.165, 1.54) is 11.3 Å². The van der Waals surface area contributed by atoms with Gasteiger partial charge in [0.2, 0.25) is 0 Å². The number of carbonyl (C=O) groups excluding carboxylic acids is 2. The largest absolute Gasteiger partial charge is 0.344 e. The third kappa shape index (κ3) is 4.30. The quantitative estimate of drug-likeness (QED) is 0.680. The minimum atomic E-state index is 0.0118. The summed E-state index contributed by atoms with van der Waals surface area (Å²) < 4.78 is 0. The van der Waals surface area contributed by atoms with E-state index in [0.717, 1.165) is 34.6 Å². The molecular formula is C22H26N2O2S. The van der Waals surface area contributed by atoms with E-state index in [4.69, 9.17) is 0 Å². The number of benzene rings is 1. The molecule has 0 aliphatic carbocycles. The maximum Gasteiger partial charge on any atom is 0.263 e. The van der Waals surface area contributed by atoms with Crippen LogP contribution < -0.4 is 0 Å². The fourth-order valence-electron chi connectivity index (χ4n) is 3.24. The van der Waals surface area contributed by atoms with Gasteiger partial charge >= 0.3 is 0 Å². The minimum absolute atomic E-state index is 0.0118. The summed E-state index contributed by atoms with van der Waals surface area (Å²) in [7, 11) is 3.51. The first-order valence-corrected chi connectivity index (χ1v) is 10.2. The van der Waals surface area contributed by atoms with Gasteiger partial charge < -0.3 is 9.80 Å². The lowest BCUT2D eigenvalue weighted by molar-refractivity contribution is 0.0743. The molecule has 0 saturated heterocycles. The highest BCUT2D eigenvalue weighted by Gasteiger charge is 2.25. The van der Waals surface area contributed by atoms with Crippen LogP contribution in [0, 0.1) is 0 Å². The SMILES string of the molecule is CCCC[C@@H]1C=CCN1C(=O)c1ccc(-c2ccc(C(=O)N(C)C)s2)cc1. The molecule has 4 nitrogen and oxygen atoms in total. The first-order valence-electron chi connectivity index (χ1n) is 9.40. The molecule has 2 amide bonds. The van der Waals surface area contributed by atoms with Gasteiger partial charge in [0.15, 0.2) is 0 Å². The summed E-state index contributed by atoms with van der Waals surface area (Å²) >= 11 is 1.47. The van der Waals surface area contributed by atoms with Crippen molar-refractivity contribution in [2.24, 2.45) is 0 Å². The molecule has 0 N–H and O–H groups in total. The molecule has 2 heterocycles. The smallest absolute Gasteiger partial charge is 0.263 e. The topological polar surface area (TPSA) is 40.6 Å². The van der Waals surface area contributed by atoms with Crippen LogP contribution in [0.3, 0.4) is 0 Å². The average Bonchev–Trinajstić information content (AvgIpc) is 3.34. The molecule has 0 bridgehead atoms.